The Morgan fingerprint density at radius 2 is 1.86 bits per heavy atom. The van der Waals surface area contributed by atoms with Gasteiger partial charge in [-0.3, -0.25) is 4.79 Å². The van der Waals surface area contributed by atoms with Crippen LogP contribution in [0.1, 0.15) is 42.0 Å². The molecule has 1 aliphatic rings. The third-order valence-electron chi connectivity index (χ3n) is 5.22. The van der Waals surface area contributed by atoms with Gasteiger partial charge in [0.2, 0.25) is 5.95 Å². The van der Waals surface area contributed by atoms with Gasteiger partial charge >= 0.3 is 6.36 Å². The fraction of sp³-hybridized carbons (Fsp3) is 0.381. The number of benzene rings is 1. The highest BCUT2D eigenvalue weighted by Gasteiger charge is 2.38. The number of hydrogen-bond donors (Lipinski definition) is 1. The van der Waals surface area contributed by atoms with Gasteiger partial charge in [-0.1, -0.05) is 11.6 Å². The van der Waals surface area contributed by atoms with Crippen LogP contribution in [0, 0.1) is 0 Å². The van der Waals surface area contributed by atoms with Crippen molar-refractivity contribution in [3.05, 3.63) is 47.0 Å². The van der Waals surface area contributed by atoms with E-state index in [-0.39, 0.29) is 28.3 Å². The van der Waals surface area contributed by atoms with Crippen molar-refractivity contribution in [2.45, 2.75) is 42.3 Å². The van der Waals surface area contributed by atoms with Gasteiger partial charge in [0.15, 0.2) is 15.7 Å². The Morgan fingerprint density at radius 1 is 1.22 bits per heavy atom. The largest absolute Gasteiger partial charge is 0.573 e. The molecule has 1 unspecified atom stereocenters. The van der Waals surface area contributed by atoms with E-state index in [1.165, 1.54) is 17.1 Å². The number of ether oxygens (including phenoxy) is 1. The second kappa shape index (κ2) is 9.78. The van der Waals surface area contributed by atoms with Crippen LogP contribution in [0.3, 0.4) is 0 Å². The van der Waals surface area contributed by atoms with E-state index in [1.54, 1.807) is 25.9 Å². The number of anilines is 1. The Bertz CT molecular complexity index is 1420. The number of halogens is 4. The second-order valence-corrected chi connectivity index (χ2v) is 11.1. The molecule has 3 aromatic rings. The lowest BCUT2D eigenvalue weighted by atomic mass is 10.2. The minimum absolute atomic E-state index is 0.111. The lowest BCUT2D eigenvalue weighted by molar-refractivity contribution is -0.274. The summed E-state index contributed by atoms with van der Waals surface area (Å²) in [5, 5.41) is 6.52. The predicted octanol–water partition coefficient (Wildman–Crippen LogP) is 3.10. The van der Waals surface area contributed by atoms with Gasteiger partial charge in [0.05, 0.1) is 33.6 Å². The van der Waals surface area contributed by atoms with Crippen molar-refractivity contribution in [2.24, 2.45) is 0 Å². The first-order valence-electron chi connectivity index (χ1n) is 10.8. The van der Waals surface area contributed by atoms with Gasteiger partial charge in [0.25, 0.3) is 11.9 Å². The Balaban J connectivity index is 1.67. The maximum Gasteiger partial charge on any atom is 0.573 e. The fourth-order valence-electron chi connectivity index (χ4n) is 3.32. The molecule has 1 aliphatic carbocycles. The number of carbonyl (C=O) groups excluding carboxylic acids is 1. The third kappa shape index (κ3) is 6.10. The molecule has 2 aromatic heterocycles. The van der Waals surface area contributed by atoms with Gasteiger partial charge < -0.3 is 15.0 Å². The van der Waals surface area contributed by atoms with E-state index in [9.17, 15) is 26.4 Å². The van der Waals surface area contributed by atoms with Gasteiger partial charge in [0.1, 0.15) is 5.75 Å². The highest BCUT2D eigenvalue weighted by molar-refractivity contribution is 7.92. The Kier molecular flexibility index (Phi) is 7.03. The van der Waals surface area contributed by atoms with Gasteiger partial charge in [-0.05, 0) is 38.0 Å². The van der Waals surface area contributed by atoms with E-state index in [0.717, 1.165) is 18.2 Å². The SMILES string of the molecule is CC(NC(=O)c1cc(OC(F)(F)F)cc(S(=O)(=O)C2CC2)c1)c1nc(N(C)C)nn1-c1ncc(Cl)cn1. The first kappa shape index (κ1) is 26.6. The summed E-state index contributed by atoms with van der Waals surface area (Å²) in [7, 11) is -0.524. The average Bonchev–Trinajstić information content (AvgIpc) is 3.57. The maximum absolute atomic E-state index is 13.1. The Hall–Kier alpha value is -3.46. The van der Waals surface area contributed by atoms with Crippen molar-refractivity contribution in [3.8, 4) is 11.7 Å². The van der Waals surface area contributed by atoms with Crippen LogP contribution in [0.4, 0.5) is 19.1 Å². The van der Waals surface area contributed by atoms with E-state index in [0.29, 0.717) is 12.8 Å². The molecule has 1 amide bonds. The zero-order valence-corrected chi connectivity index (χ0v) is 21.3. The van der Waals surface area contributed by atoms with Crippen LogP contribution in [-0.2, 0) is 9.84 Å². The molecule has 0 spiro atoms. The smallest absolute Gasteiger partial charge is 0.406 e. The summed E-state index contributed by atoms with van der Waals surface area (Å²) >= 11 is 5.86. The Morgan fingerprint density at radius 3 is 2.43 bits per heavy atom. The summed E-state index contributed by atoms with van der Waals surface area (Å²) in [6, 6.07) is 1.75. The van der Waals surface area contributed by atoms with Crippen LogP contribution in [0.25, 0.3) is 5.95 Å². The highest BCUT2D eigenvalue weighted by Crippen LogP contribution is 2.36. The number of aromatic nitrogens is 5. The fourth-order valence-corrected chi connectivity index (χ4v) is 5.13. The summed E-state index contributed by atoms with van der Waals surface area (Å²) in [4.78, 5) is 26.9. The molecule has 4 rings (SSSR count). The van der Waals surface area contributed by atoms with E-state index in [2.05, 4.69) is 30.1 Å². The molecule has 1 fully saturated rings. The van der Waals surface area contributed by atoms with E-state index >= 15 is 0 Å². The average molecular weight is 560 g/mol. The first-order chi connectivity index (χ1) is 17.2. The summed E-state index contributed by atoms with van der Waals surface area (Å²) in [6.45, 7) is 1.56. The standard InChI is InChI=1S/C21H21ClF3N7O4S/c1-11(17-29-20(31(2)3)30-32(17)19-26-9-13(22)10-27-19)28-18(33)12-6-14(36-21(23,24)25)8-16(7-12)37(34,35)15-4-5-15/h6-11,15H,4-5H2,1-3H3,(H,28,33). The number of hydrogen-bond acceptors (Lipinski definition) is 9. The minimum Gasteiger partial charge on any atom is -0.406 e. The Labute approximate surface area is 214 Å². The number of alkyl halides is 3. The van der Waals surface area contributed by atoms with Crippen LogP contribution in [0.2, 0.25) is 5.02 Å². The van der Waals surface area contributed by atoms with Crippen LogP contribution >= 0.6 is 11.6 Å². The van der Waals surface area contributed by atoms with Crippen molar-refractivity contribution in [3.63, 3.8) is 0 Å². The van der Waals surface area contributed by atoms with Gasteiger partial charge in [-0.2, -0.15) is 9.67 Å². The topological polar surface area (TPSA) is 132 Å². The van der Waals surface area contributed by atoms with Gasteiger partial charge in [-0.25, -0.2) is 18.4 Å². The summed E-state index contributed by atoms with van der Waals surface area (Å²) < 4.78 is 69.3. The molecule has 16 heteroatoms. The highest BCUT2D eigenvalue weighted by atomic mass is 35.5. The summed E-state index contributed by atoms with van der Waals surface area (Å²) in [6.07, 6.45) is -1.60. The first-order valence-corrected chi connectivity index (χ1v) is 12.7. The van der Waals surface area contributed by atoms with Crippen LogP contribution < -0.4 is 15.0 Å². The number of carbonyl (C=O) groups is 1. The molecule has 0 radical (unpaired) electrons. The lowest BCUT2D eigenvalue weighted by Crippen LogP contribution is -2.29. The molecule has 0 aliphatic heterocycles. The van der Waals surface area contributed by atoms with Crippen LogP contribution in [-0.4, -0.2) is 64.8 Å². The normalized spacial score (nSPS) is 14.8. The number of rotatable bonds is 8. The minimum atomic E-state index is -5.08. The van der Waals surface area contributed by atoms with Crippen molar-refractivity contribution >= 4 is 33.3 Å². The molecule has 11 nitrogen and oxygen atoms in total. The number of sulfone groups is 1. The summed E-state index contributed by atoms with van der Waals surface area (Å²) in [5.41, 5.74) is -0.338. The molecule has 2 heterocycles. The number of nitrogens with zero attached hydrogens (tertiary/aromatic N) is 6. The number of nitrogens with one attached hydrogen (secondary N) is 1. The molecule has 1 atom stereocenters. The van der Waals surface area contributed by atoms with Crippen molar-refractivity contribution < 1.29 is 31.1 Å². The molecular weight excluding hydrogens is 539 g/mol. The monoisotopic (exact) mass is 559 g/mol. The quantitative estimate of drug-likeness (QED) is 0.442. The zero-order valence-electron chi connectivity index (χ0n) is 19.7. The molecule has 198 valence electrons. The molecule has 0 bridgehead atoms. The predicted molar refractivity (Wildman–Crippen MR) is 126 cm³/mol. The third-order valence-corrected chi connectivity index (χ3v) is 7.66. The molecular formula is C21H21ClF3N7O4S. The maximum atomic E-state index is 13.1. The molecule has 1 saturated carbocycles. The molecule has 1 aromatic carbocycles. The van der Waals surface area contributed by atoms with Crippen molar-refractivity contribution in [2.75, 3.05) is 19.0 Å². The van der Waals surface area contributed by atoms with Crippen LogP contribution in [0.15, 0.2) is 35.5 Å². The van der Waals surface area contributed by atoms with E-state index in [1.807, 2.05) is 0 Å². The van der Waals surface area contributed by atoms with Crippen molar-refractivity contribution in [1.82, 2.24) is 30.0 Å². The van der Waals surface area contributed by atoms with Gasteiger partial charge in [-0.15, -0.1) is 18.3 Å². The van der Waals surface area contributed by atoms with Crippen molar-refractivity contribution in [1.29, 1.82) is 0 Å². The zero-order chi connectivity index (χ0) is 27.1. The molecule has 37 heavy (non-hydrogen) atoms. The lowest BCUT2D eigenvalue weighted by Gasteiger charge is -2.16. The molecule has 0 saturated heterocycles. The number of amides is 1. The van der Waals surface area contributed by atoms with Gasteiger partial charge in [0, 0.05) is 19.7 Å². The van der Waals surface area contributed by atoms with Crippen LogP contribution in [0.5, 0.6) is 5.75 Å². The second-order valence-electron chi connectivity index (χ2n) is 8.46. The summed E-state index contributed by atoms with van der Waals surface area (Å²) in [5.74, 6) is -1.09. The van der Waals surface area contributed by atoms with E-state index in [4.69, 9.17) is 11.6 Å². The van der Waals surface area contributed by atoms with E-state index < -0.39 is 44.0 Å². The molecule has 1 N–H and O–H groups in total.